The highest BCUT2D eigenvalue weighted by Crippen LogP contribution is 2.52. The highest BCUT2D eigenvalue weighted by molar-refractivity contribution is 5.58. The summed E-state index contributed by atoms with van der Waals surface area (Å²) in [6.07, 6.45) is 0.386. The second-order valence-electron chi connectivity index (χ2n) is 9.76. The predicted octanol–water partition coefficient (Wildman–Crippen LogP) is 3.54. The zero-order chi connectivity index (χ0) is 29.5. The molecule has 1 unspecified atom stereocenters. The highest BCUT2D eigenvalue weighted by atomic mass is 16.6. The molecule has 0 saturated heterocycles. The third kappa shape index (κ3) is 6.40. The van der Waals surface area contributed by atoms with E-state index in [1.54, 1.807) is 31.4 Å². The molecule has 0 saturated carbocycles. The zero-order valence-corrected chi connectivity index (χ0v) is 23.8. The van der Waals surface area contributed by atoms with E-state index in [4.69, 9.17) is 28.4 Å². The van der Waals surface area contributed by atoms with Crippen molar-refractivity contribution in [3.05, 3.63) is 64.7 Å². The minimum atomic E-state index is -0.656. The quantitative estimate of drug-likeness (QED) is 0.228. The Morgan fingerprint density at radius 2 is 1.46 bits per heavy atom. The molecule has 0 fully saturated rings. The summed E-state index contributed by atoms with van der Waals surface area (Å²) >= 11 is 0. The molecule has 3 aromatic carbocycles. The smallest absolute Gasteiger partial charge is 0.203 e. The molecular weight excluding hydrogens is 532 g/mol. The molecule has 1 heterocycles. The first-order valence-corrected chi connectivity index (χ1v) is 13.4. The van der Waals surface area contributed by atoms with Crippen molar-refractivity contribution in [2.45, 2.75) is 37.4 Å². The van der Waals surface area contributed by atoms with Crippen LogP contribution in [0, 0.1) is 0 Å². The maximum absolute atomic E-state index is 10.4. The van der Waals surface area contributed by atoms with Crippen LogP contribution in [0.3, 0.4) is 0 Å². The average molecular weight is 571 g/mol. The van der Waals surface area contributed by atoms with Gasteiger partial charge in [0.1, 0.15) is 12.2 Å². The first kappa shape index (κ1) is 30.1. The van der Waals surface area contributed by atoms with Gasteiger partial charge in [-0.05, 0) is 54.3 Å². The van der Waals surface area contributed by atoms with Gasteiger partial charge < -0.3 is 48.8 Å². The molecule has 222 valence electrons. The fourth-order valence-corrected chi connectivity index (χ4v) is 5.13. The van der Waals surface area contributed by atoms with Crippen molar-refractivity contribution < 1.29 is 48.8 Å². The Balaban J connectivity index is 1.65. The van der Waals surface area contributed by atoms with Gasteiger partial charge in [-0.2, -0.15) is 0 Å². The summed E-state index contributed by atoms with van der Waals surface area (Å²) < 4.78 is 34.7. The summed E-state index contributed by atoms with van der Waals surface area (Å²) in [5.41, 5.74) is 3.30. The van der Waals surface area contributed by atoms with E-state index >= 15 is 0 Å². The van der Waals surface area contributed by atoms with E-state index in [1.807, 2.05) is 12.1 Å². The van der Waals surface area contributed by atoms with Crippen LogP contribution in [0.15, 0.2) is 42.5 Å². The molecule has 0 amide bonds. The van der Waals surface area contributed by atoms with Gasteiger partial charge in [-0.1, -0.05) is 12.1 Å². The van der Waals surface area contributed by atoms with Gasteiger partial charge in [0, 0.05) is 24.2 Å². The molecule has 41 heavy (non-hydrogen) atoms. The molecule has 1 aliphatic rings. The number of aromatic hydroxyl groups is 1. The summed E-state index contributed by atoms with van der Waals surface area (Å²) in [5.74, 6) is 2.13. The van der Waals surface area contributed by atoms with Gasteiger partial charge in [-0.3, -0.25) is 0 Å². The molecule has 0 spiro atoms. The van der Waals surface area contributed by atoms with Crippen molar-refractivity contribution in [1.29, 1.82) is 0 Å². The van der Waals surface area contributed by atoms with E-state index in [1.165, 1.54) is 27.4 Å². The number of phenols is 1. The van der Waals surface area contributed by atoms with Crippen molar-refractivity contribution >= 4 is 0 Å². The van der Waals surface area contributed by atoms with Gasteiger partial charge in [0.15, 0.2) is 34.5 Å². The third-order valence-electron chi connectivity index (χ3n) is 7.20. The van der Waals surface area contributed by atoms with Crippen LogP contribution in [0.25, 0.3) is 0 Å². The van der Waals surface area contributed by atoms with Crippen LogP contribution in [0.1, 0.15) is 40.7 Å². The van der Waals surface area contributed by atoms with E-state index in [-0.39, 0.29) is 31.5 Å². The number of aryl methyl sites for hydroxylation is 1. The van der Waals surface area contributed by atoms with Crippen LogP contribution in [0.2, 0.25) is 0 Å². The van der Waals surface area contributed by atoms with Crippen LogP contribution < -0.4 is 28.4 Å². The zero-order valence-electron chi connectivity index (χ0n) is 23.8. The number of phenolic OH excluding ortho intramolecular Hbond substituents is 1. The topological polar surface area (TPSA) is 136 Å². The lowest BCUT2D eigenvalue weighted by Gasteiger charge is -2.24. The van der Waals surface area contributed by atoms with Crippen LogP contribution in [-0.4, -0.2) is 74.8 Å². The lowest BCUT2D eigenvalue weighted by molar-refractivity contribution is 0.108. The number of rotatable bonds is 14. The first-order chi connectivity index (χ1) is 19.9. The maximum Gasteiger partial charge on any atom is 0.203 e. The van der Waals surface area contributed by atoms with Gasteiger partial charge in [0.05, 0.1) is 47.6 Å². The number of ether oxygens (including phenoxy) is 6. The van der Waals surface area contributed by atoms with Crippen molar-refractivity contribution in [1.82, 2.24) is 0 Å². The summed E-state index contributed by atoms with van der Waals surface area (Å²) in [5, 5.41) is 39.7. The molecule has 4 rings (SSSR count). The van der Waals surface area contributed by atoms with Crippen molar-refractivity contribution in [2.24, 2.45) is 0 Å². The summed E-state index contributed by atoms with van der Waals surface area (Å²) in [6.45, 7) is -0.380. The highest BCUT2D eigenvalue weighted by Gasteiger charge is 2.38. The van der Waals surface area contributed by atoms with Crippen LogP contribution in [0.5, 0.6) is 40.2 Å². The number of aliphatic hydroxyl groups is 3. The number of hydrogen-bond acceptors (Lipinski definition) is 10. The minimum Gasteiger partial charge on any atom is -0.504 e. The first-order valence-electron chi connectivity index (χ1n) is 13.4. The Morgan fingerprint density at radius 3 is 2.05 bits per heavy atom. The number of hydrogen-bond donors (Lipinski definition) is 4. The number of methoxy groups -OCH3 is 4. The maximum atomic E-state index is 10.4. The monoisotopic (exact) mass is 570 g/mol. The molecule has 3 aromatic rings. The Kier molecular flexibility index (Phi) is 10.0. The van der Waals surface area contributed by atoms with E-state index in [0.29, 0.717) is 59.3 Å². The van der Waals surface area contributed by atoms with Gasteiger partial charge in [0.2, 0.25) is 5.75 Å². The Bertz CT molecular complexity index is 1300. The average Bonchev–Trinajstić information content (AvgIpc) is 3.38. The predicted molar refractivity (Wildman–Crippen MR) is 151 cm³/mol. The summed E-state index contributed by atoms with van der Waals surface area (Å²) in [4.78, 5) is 0. The SMILES string of the molecule is COc1cc(CC(CO)Oc2c(OC)cc([C@H]3Oc4c(OC)cc(CCCO)cc4[C@H]3CO)cc2OC)ccc1O. The van der Waals surface area contributed by atoms with Gasteiger partial charge in [0.25, 0.3) is 0 Å². The fraction of sp³-hybridized carbons (Fsp3) is 0.419. The molecular formula is C31H38O10. The molecule has 4 N–H and O–H groups in total. The van der Waals surface area contributed by atoms with E-state index < -0.39 is 12.2 Å². The lowest BCUT2D eigenvalue weighted by Crippen LogP contribution is -2.24. The molecule has 1 aliphatic heterocycles. The largest absolute Gasteiger partial charge is 0.504 e. The molecule has 0 aliphatic carbocycles. The standard InChI is InChI=1S/C31H38O10/c1-36-25-12-19(7-8-24(25)35)10-21(16-33)40-31-27(38-3)14-20(15-28(31)39-4)29-23(17-34)22-11-18(6-5-9-32)13-26(37-2)30(22)41-29/h7-8,11-15,21,23,29,32-35H,5-6,9-10,16-17H2,1-4H3/t21?,23-,29-/m1/s1. The Labute approximate surface area is 239 Å². The fourth-order valence-electron chi connectivity index (χ4n) is 5.13. The summed E-state index contributed by atoms with van der Waals surface area (Å²) in [7, 11) is 6.05. The molecule has 0 aromatic heterocycles. The molecule has 3 atom stereocenters. The van der Waals surface area contributed by atoms with Gasteiger partial charge in [-0.25, -0.2) is 0 Å². The molecule has 10 heteroatoms. The van der Waals surface area contributed by atoms with Crippen LogP contribution in [-0.2, 0) is 12.8 Å². The third-order valence-corrected chi connectivity index (χ3v) is 7.20. The summed E-state index contributed by atoms with van der Waals surface area (Å²) in [6, 6.07) is 12.4. The number of aliphatic hydroxyl groups excluding tert-OH is 3. The second-order valence-corrected chi connectivity index (χ2v) is 9.76. The number of benzene rings is 3. The van der Waals surface area contributed by atoms with Crippen LogP contribution >= 0.6 is 0 Å². The van der Waals surface area contributed by atoms with Gasteiger partial charge in [-0.15, -0.1) is 0 Å². The van der Waals surface area contributed by atoms with Crippen molar-refractivity contribution in [3.8, 4) is 40.2 Å². The normalized spacial score (nSPS) is 16.5. The van der Waals surface area contributed by atoms with E-state index in [2.05, 4.69) is 0 Å². The molecule has 10 nitrogen and oxygen atoms in total. The Morgan fingerprint density at radius 1 is 0.805 bits per heavy atom. The second kappa shape index (κ2) is 13.7. The van der Waals surface area contributed by atoms with E-state index in [9.17, 15) is 20.4 Å². The van der Waals surface area contributed by atoms with Crippen molar-refractivity contribution in [2.75, 3.05) is 48.3 Å². The van der Waals surface area contributed by atoms with Crippen molar-refractivity contribution in [3.63, 3.8) is 0 Å². The molecule has 0 radical (unpaired) electrons. The number of fused-ring (bicyclic) bond motifs is 1. The van der Waals surface area contributed by atoms with Crippen LogP contribution in [0.4, 0.5) is 0 Å². The lowest BCUT2D eigenvalue weighted by atomic mass is 9.90. The van der Waals surface area contributed by atoms with E-state index in [0.717, 1.165) is 16.7 Å². The Hall–Kier alpha value is -3.86. The molecule has 0 bridgehead atoms. The van der Waals surface area contributed by atoms with Gasteiger partial charge >= 0.3 is 0 Å². The minimum absolute atomic E-state index is 0.0214.